The van der Waals surface area contributed by atoms with Crippen LogP contribution in [0.15, 0.2) is 35.2 Å². The van der Waals surface area contributed by atoms with Gasteiger partial charge in [0, 0.05) is 25.5 Å². The summed E-state index contributed by atoms with van der Waals surface area (Å²) in [4.78, 5) is 16.4. The maximum Gasteiger partial charge on any atom is 0.287 e. The summed E-state index contributed by atoms with van der Waals surface area (Å²) in [5, 5.41) is 2.96. The van der Waals surface area contributed by atoms with Crippen LogP contribution in [0, 0.1) is 0 Å². The number of aryl methyl sites for hydroxylation is 1. The topological polar surface area (TPSA) is 69.3 Å². The highest BCUT2D eigenvalue weighted by molar-refractivity contribution is 5.91. The monoisotopic (exact) mass is 275 g/mol. The number of nitrogens with zero attached hydrogens (tertiary/aromatic N) is 2. The standard InChI is InChI=1S/C14H17N3O3/c1-2-17-7-6-15-13(17)12-10(5-9-20-12)16-14(18)11-4-3-8-19-11/h3-4,6-8,10,12H,2,5,9H2,1H3,(H,16,18)/t10-,12-/m0/s1. The normalized spacial score (nSPS) is 22.1. The molecule has 0 saturated carbocycles. The molecular formula is C14H17N3O3. The Morgan fingerprint density at radius 3 is 3.25 bits per heavy atom. The van der Waals surface area contributed by atoms with E-state index in [-0.39, 0.29) is 18.1 Å². The highest BCUT2D eigenvalue weighted by atomic mass is 16.5. The lowest BCUT2D eigenvalue weighted by molar-refractivity contribution is 0.0759. The maximum atomic E-state index is 12.0. The van der Waals surface area contributed by atoms with Crippen molar-refractivity contribution in [2.75, 3.05) is 6.61 Å². The van der Waals surface area contributed by atoms with E-state index in [2.05, 4.69) is 17.2 Å². The van der Waals surface area contributed by atoms with Gasteiger partial charge >= 0.3 is 0 Å². The largest absolute Gasteiger partial charge is 0.459 e. The van der Waals surface area contributed by atoms with Crippen LogP contribution in [0.4, 0.5) is 0 Å². The van der Waals surface area contributed by atoms with Gasteiger partial charge in [-0.05, 0) is 25.5 Å². The van der Waals surface area contributed by atoms with Gasteiger partial charge in [-0.3, -0.25) is 4.79 Å². The fourth-order valence-electron chi connectivity index (χ4n) is 2.48. The molecule has 0 unspecified atom stereocenters. The van der Waals surface area contributed by atoms with Gasteiger partial charge in [-0.2, -0.15) is 0 Å². The number of carbonyl (C=O) groups is 1. The number of aromatic nitrogens is 2. The Labute approximate surface area is 116 Å². The van der Waals surface area contributed by atoms with Crippen LogP contribution < -0.4 is 5.32 Å². The summed E-state index contributed by atoms with van der Waals surface area (Å²) in [7, 11) is 0. The first kappa shape index (κ1) is 12.9. The third-order valence-corrected chi connectivity index (χ3v) is 3.50. The van der Waals surface area contributed by atoms with E-state index < -0.39 is 0 Å². The van der Waals surface area contributed by atoms with Crippen molar-refractivity contribution in [3.63, 3.8) is 0 Å². The molecule has 1 saturated heterocycles. The predicted octanol–water partition coefficient (Wildman–Crippen LogP) is 1.76. The molecule has 1 aliphatic rings. The molecule has 20 heavy (non-hydrogen) atoms. The molecule has 106 valence electrons. The van der Waals surface area contributed by atoms with Crippen LogP contribution in [0.25, 0.3) is 0 Å². The second kappa shape index (κ2) is 5.50. The van der Waals surface area contributed by atoms with Crippen LogP contribution >= 0.6 is 0 Å². The summed E-state index contributed by atoms with van der Waals surface area (Å²) in [5.41, 5.74) is 0. The zero-order chi connectivity index (χ0) is 13.9. The van der Waals surface area contributed by atoms with Gasteiger partial charge in [-0.15, -0.1) is 0 Å². The lowest BCUT2D eigenvalue weighted by atomic mass is 10.1. The average molecular weight is 275 g/mol. The Balaban J connectivity index is 1.74. The van der Waals surface area contributed by atoms with Crippen LogP contribution in [-0.4, -0.2) is 28.1 Å². The smallest absolute Gasteiger partial charge is 0.287 e. The van der Waals surface area contributed by atoms with Crippen LogP contribution in [0.3, 0.4) is 0 Å². The molecule has 0 radical (unpaired) electrons. The van der Waals surface area contributed by atoms with Crippen molar-refractivity contribution in [3.05, 3.63) is 42.4 Å². The quantitative estimate of drug-likeness (QED) is 0.923. The summed E-state index contributed by atoms with van der Waals surface area (Å²) >= 11 is 0. The van der Waals surface area contributed by atoms with Crippen molar-refractivity contribution < 1.29 is 13.9 Å². The Hall–Kier alpha value is -2.08. The highest BCUT2D eigenvalue weighted by Crippen LogP contribution is 2.28. The van der Waals surface area contributed by atoms with Crippen molar-refractivity contribution in [1.82, 2.24) is 14.9 Å². The molecule has 6 nitrogen and oxygen atoms in total. The fourth-order valence-corrected chi connectivity index (χ4v) is 2.48. The van der Waals surface area contributed by atoms with Crippen LogP contribution in [0.2, 0.25) is 0 Å². The van der Waals surface area contributed by atoms with Crippen molar-refractivity contribution in [1.29, 1.82) is 0 Å². The molecule has 1 aliphatic heterocycles. The van der Waals surface area contributed by atoms with Gasteiger partial charge in [0.1, 0.15) is 11.9 Å². The molecule has 2 aromatic rings. The van der Waals surface area contributed by atoms with Gasteiger partial charge < -0.3 is 19.0 Å². The third-order valence-electron chi connectivity index (χ3n) is 3.50. The minimum Gasteiger partial charge on any atom is -0.459 e. The number of hydrogen-bond donors (Lipinski definition) is 1. The summed E-state index contributed by atoms with van der Waals surface area (Å²) in [6.07, 6.45) is 5.73. The second-order valence-corrected chi connectivity index (χ2v) is 4.71. The number of hydrogen-bond acceptors (Lipinski definition) is 4. The first-order valence-electron chi connectivity index (χ1n) is 6.76. The van der Waals surface area contributed by atoms with Gasteiger partial charge in [0.2, 0.25) is 0 Å². The van der Waals surface area contributed by atoms with E-state index >= 15 is 0 Å². The fraction of sp³-hybridized carbons (Fsp3) is 0.429. The van der Waals surface area contributed by atoms with E-state index in [0.717, 1.165) is 18.8 Å². The summed E-state index contributed by atoms with van der Waals surface area (Å²) in [6, 6.07) is 3.26. The maximum absolute atomic E-state index is 12.0. The Morgan fingerprint density at radius 2 is 2.50 bits per heavy atom. The number of carbonyl (C=O) groups excluding carboxylic acids is 1. The summed E-state index contributed by atoms with van der Waals surface area (Å²) in [5.74, 6) is 0.953. The van der Waals surface area contributed by atoms with Gasteiger partial charge in [0.15, 0.2) is 5.76 Å². The molecular weight excluding hydrogens is 258 g/mol. The number of nitrogens with one attached hydrogen (secondary N) is 1. The van der Waals surface area contributed by atoms with Gasteiger partial charge in [-0.25, -0.2) is 4.98 Å². The van der Waals surface area contributed by atoms with Gasteiger partial charge in [-0.1, -0.05) is 0 Å². The molecule has 0 bridgehead atoms. The highest BCUT2D eigenvalue weighted by Gasteiger charge is 2.34. The van der Waals surface area contributed by atoms with E-state index in [0.29, 0.717) is 12.4 Å². The number of furan rings is 1. The zero-order valence-electron chi connectivity index (χ0n) is 11.3. The van der Waals surface area contributed by atoms with Crippen molar-refractivity contribution >= 4 is 5.91 Å². The molecule has 2 aromatic heterocycles. The zero-order valence-corrected chi connectivity index (χ0v) is 11.3. The number of imidazole rings is 1. The minimum atomic E-state index is -0.217. The van der Waals surface area contributed by atoms with Crippen LogP contribution in [0.5, 0.6) is 0 Å². The third kappa shape index (κ3) is 2.34. The Kier molecular flexibility index (Phi) is 3.56. The lowest BCUT2D eigenvalue weighted by Gasteiger charge is -2.19. The first-order valence-corrected chi connectivity index (χ1v) is 6.76. The van der Waals surface area contributed by atoms with E-state index in [1.165, 1.54) is 6.26 Å². The first-order chi connectivity index (χ1) is 9.79. The molecule has 1 fully saturated rings. The SMILES string of the molecule is CCn1ccnc1[C@H]1OCC[C@@H]1NC(=O)c1ccco1. The van der Waals surface area contributed by atoms with E-state index in [4.69, 9.17) is 9.15 Å². The number of amides is 1. The van der Waals surface area contributed by atoms with Gasteiger partial charge in [0.25, 0.3) is 5.91 Å². The molecule has 1 N–H and O–H groups in total. The average Bonchev–Trinajstić information content (AvgIpc) is 3.19. The molecule has 1 amide bonds. The van der Waals surface area contributed by atoms with Crippen LogP contribution in [-0.2, 0) is 11.3 Å². The van der Waals surface area contributed by atoms with Crippen LogP contribution in [0.1, 0.15) is 35.8 Å². The van der Waals surface area contributed by atoms with Crippen molar-refractivity contribution in [3.8, 4) is 0 Å². The van der Waals surface area contributed by atoms with E-state index in [1.54, 1.807) is 18.3 Å². The lowest BCUT2D eigenvalue weighted by Crippen LogP contribution is -2.37. The predicted molar refractivity (Wildman–Crippen MR) is 71.2 cm³/mol. The number of ether oxygens (including phenoxy) is 1. The second-order valence-electron chi connectivity index (χ2n) is 4.71. The molecule has 0 aliphatic carbocycles. The summed E-state index contributed by atoms with van der Waals surface area (Å²) < 4.78 is 12.9. The molecule has 0 aromatic carbocycles. The molecule has 3 heterocycles. The van der Waals surface area contributed by atoms with Gasteiger partial charge in [0.05, 0.1) is 12.3 Å². The Morgan fingerprint density at radius 1 is 1.60 bits per heavy atom. The number of rotatable bonds is 4. The molecule has 6 heteroatoms. The van der Waals surface area contributed by atoms with E-state index in [1.807, 2.05) is 10.8 Å². The molecule has 0 spiro atoms. The van der Waals surface area contributed by atoms with Crippen molar-refractivity contribution in [2.24, 2.45) is 0 Å². The Bertz CT molecular complexity index is 576. The molecule has 2 atom stereocenters. The summed E-state index contributed by atoms with van der Waals surface area (Å²) in [6.45, 7) is 3.49. The molecule has 3 rings (SSSR count). The van der Waals surface area contributed by atoms with E-state index in [9.17, 15) is 4.79 Å². The minimum absolute atomic E-state index is 0.0831. The van der Waals surface area contributed by atoms with Crippen molar-refractivity contribution in [2.45, 2.75) is 32.0 Å².